The standard InChI is InChI=1S/C29H57O6PS/c1-4-6-13-19-28(27-20-15-10-11-16-21-27)22-25-37-24-17-12-8-7-9-14-18-26(3)35-36(31,32)29(30)34-33-23-5-2/h26-28H,4-25H2,1-3H3,(H,31,32). The van der Waals surface area contributed by atoms with Gasteiger partial charge in [0.2, 0.25) is 0 Å². The third kappa shape index (κ3) is 18.0. The Morgan fingerprint density at radius 1 is 0.865 bits per heavy atom. The molecule has 1 aliphatic rings. The molecule has 220 valence electrons. The van der Waals surface area contributed by atoms with Gasteiger partial charge in [0, 0.05) is 0 Å². The largest absolute Gasteiger partial charge is 0.452 e. The van der Waals surface area contributed by atoms with Crippen LogP contribution in [0, 0.1) is 11.8 Å². The third-order valence-electron chi connectivity index (χ3n) is 7.50. The Morgan fingerprint density at radius 3 is 2.19 bits per heavy atom. The summed E-state index contributed by atoms with van der Waals surface area (Å²) in [6.45, 7) is 6.05. The van der Waals surface area contributed by atoms with Crippen LogP contribution in [0.25, 0.3) is 0 Å². The zero-order valence-electron chi connectivity index (χ0n) is 24.1. The van der Waals surface area contributed by atoms with E-state index in [0.717, 1.165) is 24.7 Å². The summed E-state index contributed by atoms with van der Waals surface area (Å²) < 4.78 is 17.0. The molecule has 0 spiro atoms. The number of carbonyl (C=O) groups is 1. The van der Waals surface area contributed by atoms with Gasteiger partial charge < -0.3 is 4.89 Å². The first-order valence-electron chi connectivity index (χ1n) is 15.3. The molecule has 8 heteroatoms. The molecule has 3 unspecified atom stereocenters. The van der Waals surface area contributed by atoms with Crippen molar-refractivity contribution < 1.29 is 28.6 Å². The van der Waals surface area contributed by atoms with Crippen LogP contribution >= 0.6 is 19.4 Å². The SMILES string of the molecule is CCCCCC(CCSCCCCCCCCC(C)OP(=O)(O)C(=O)OOCCC)C1CCCCCC1. The fourth-order valence-corrected chi connectivity index (χ4v) is 7.20. The van der Waals surface area contributed by atoms with Gasteiger partial charge in [0.05, 0.1) is 12.7 Å². The summed E-state index contributed by atoms with van der Waals surface area (Å²) in [5, 5.41) is 0. The zero-order chi connectivity index (χ0) is 27.2. The lowest BCUT2D eigenvalue weighted by atomic mass is 9.81. The smallest absolute Gasteiger partial charge is 0.316 e. The van der Waals surface area contributed by atoms with Crippen LogP contribution in [0.15, 0.2) is 0 Å². The summed E-state index contributed by atoms with van der Waals surface area (Å²) in [4.78, 5) is 30.3. The Balaban J connectivity index is 2.06. The maximum atomic E-state index is 12.0. The highest BCUT2D eigenvalue weighted by atomic mass is 32.2. The van der Waals surface area contributed by atoms with Gasteiger partial charge in [-0.25, -0.2) is 9.36 Å². The first-order chi connectivity index (χ1) is 17.9. The lowest BCUT2D eigenvalue weighted by Gasteiger charge is -2.26. The molecule has 0 saturated heterocycles. The summed E-state index contributed by atoms with van der Waals surface area (Å²) in [5.41, 5.74) is -1.35. The highest BCUT2D eigenvalue weighted by molar-refractivity contribution is 7.99. The number of rotatable bonds is 23. The van der Waals surface area contributed by atoms with E-state index in [2.05, 4.69) is 28.5 Å². The molecule has 0 aliphatic heterocycles. The average Bonchev–Trinajstić information content (AvgIpc) is 3.15. The van der Waals surface area contributed by atoms with E-state index in [9.17, 15) is 14.3 Å². The van der Waals surface area contributed by atoms with Gasteiger partial charge in [0.1, 0.15) is 0 Å². The van der Waals surface area contributed by atoms with Gasteiger partial charge >= 0.3 is 13.3 Å². The van der Waals surface area contributed by atoms with Crippen molar-refractivity contribution in [2.45, 2.75) is 149 Å². The molecule has 0 radical (unpaired) electrons. The normalized spacial score (nSPS) is 18.2. The molecule has 1 rings (SSSR count). The molecule has 1 aliphatic carbocycles. The van der Waals surface area contributed by atoms with E-state index in [4.69, 9.17) is 4.52 Å². The molecule has 0 aromatic carbocycles. The molecule has 1 N–H and O–H groups in total. The van der Waals surface area contributed by atoms with Gasteiger partial charge in [-0.15, -0.1) is 0 Å². The number of unbranched alkanes of at least 4 members (excludes halogenated alkanes) is 7. The van der Waals surface area contributed by atoms with E-state index in [1.807, 2.05) is 6.92 Å². The third-order valence-corrected chi connectivity index (χ3v) is 9.78. The van der Waals surface area contributed by atoms with E-state index in [1.54, 1.807) is 6.92 Å². The number of hydrogen-bond acceptors (Lipinski definition) is 6. The minimum Gasteiger partial charge on any atom is -0.316 e. The fraction of sp³-hybridized carbons (Fsp3) is 0.966. The Bertz CT molecular complexity index is 597. The Labute approximate surface area is 232 Å². The quantitative estimate of drug-likeness (QED) is 0.0434. The first-order valence-corrected chi connectivity index (χ1v) is 18.1. The van der Waals surface area contributed by atoms with Crippen molar-refractivity contribution in [1.29, 1.82) is 0 Å². The van der Waals surface area contributed by atoms with Crippen molar-refractivity contribution in [3.05, 3.63) is 0 Å². The van der Waals surface area contributed by atoms with Crippen molar-refractivity contribution >= 4 is 25.1 Å². The molecular weight excluding hydrogens is 507 g/mol. The van der Waals surface area contributed by atoms with Gasteiger partial charge in [-0.3, -0.25) is 9.41 Å². The first kappa shape index (κ1) is 35.0. The zero-order valence-corrected chi connectivity index (χ0v) is 25.8. The monoisotopic (exact) mass is 564 g/mol. The van der Waals surface area contributed by atoms with E-state index in [-0.39, 0.29) is 6.61 Å². The molecule has 0 amide bonds. The fourth-order valence-electron chi connectivity index (χ4n) is 5.30. The van der Waals surface area contributed by atoms with Gasteiger partial charge in [-0.05, 0) is 55.9 Å². The lowest BCUT2D eigenvalue weighted by molar-refractivity contribution is -0.231. The number of thioether (sulfide) groups is 1. The molecule has 0 aromatic rings. The Hall–Kier alpha value is -0.0700. The van der Waals surface area contributed by atoms with Gasteiger partial charge in [0.15, 0.2) is 0 Å². The molecule has 0 heterocycles. The molecule has 6 nitrogen and oxygen atoms in total. The van der Waals surface area contributed by atoms with Gasteiger partial charge in [-0.2, -0.15) is 16.6 Å². The maximum absolute atomic E-state index is 12.0. The van der Waals surface area contributed by atoms with Crippen LogP contribution in [-0.4, -0.2) is 34.8 Å². The molecule has 0 aromatic heterocycles. The topological polar surface area (TPSA) is 82.1 Å². The molecule has 0 bridgehead atoms. The predicted octanol–water partition coefficient (Wildman–Crippen LogP) is 10.1. The van der Waals surface area contributed by atoms with Crippen LogP contribution in [0.1, 0.15) is 143 Å². The van der Waals surface area contributed by atoms with Crippen molar-refractivity contribution in [2.75, 3.05) is 18.1 Å². The summed E-state index contributed by atoms with van der Waals surface area (Å²) in [5.74, 6) is 4.56. The molecule has 1 saturated carbocycles. The summed E-state index contributed by atoms with van der Waals surface area (Å²) in [6.07, 6.45) is 23.6. The van der Waals surface area contributed by atoms with Crippen LogP contribution in [0.4, 0.5) is 4.79 Å². The number of hydrogen-bond donors (Lipinski definition) is 1. The van der Waals surface area contributed by atoms with Crippen molar-refractivity contribution in [3.8, 4) is 0 Å². The Kier molecular flexibility index (Phi) is 21.5. The predicted molar refractivity (Wildman–Crippen MR) is 156 cm³/mol. The maximum Gasteiger partial charge on any atom is 0.452 e. The summed E-state index contributed by atoms with van der Waals surface area (Å²) in [7, 11) is -4.47. The van der Waals surface area contributed by atoms with E-state index in [1.165, 1.54) is 108 Å². The van der Waals surface area contributed by atoms with Crippen molar-refractivity contribution in [2.24, 2.45) is 11.8 Å². The summed E-state index contributed by atoms with van der Waals surface area (Å²) in [6, 6.07) is 0. The molecule has 3 atom stereocenters. The van der Waals surface area contributed by atoms with Crippen LogP contribution in [-0.2, 0) is 18.9 Å². The van der Waals surface area contributed by atoms with Crippen LogP contribution in [0.3, 0.4) is 0 Å². The average molecular weight is 565 g/mol. The second kappa shape index (κ2) is 22.7. The van der Waals surface area contributed by atoms with Crippen LogP contribution in [0.5, 0.6) is 0 Å². The van der Waals surface area contributed by atoms with E-state index < -0.39 is 19.4 Å². The number of carbonyl (C=O) groups excluding carboxylic acids is 1. The molecule has 37 heavy (non-hydrogen) atoms. The lowest BCUT2D eigenvalue weighted by Crippen LogP contribution is -2.15. The van der Waals surface area contributed by atoms with Crippen LogP contribution < -0.4 is 0 Å². The Morgan fingerprint density at radius 2 is 1.51 bits per heavy atom. The second-order valence-electron chi connectivity index (χ2n) is 10.9. The molecule has 1 fully saturated rings. The van der Waals surface area contributed by atoms with Gasteiger partial charge in [-0.1, -0.05) is 110 Å². The molecular formula is C29H57O6PS. The minimum absolute atomic E-state index is 0.181. The van der Waals surface area contributed by atoms with E-state index in [0.29, 0.717) is 12.8 Å². The van der Waals surface area contributed by atoms with Crippen molar-refractivity contribution in [3.63, 3.8) is 0 Å². The van der Waals surface area contributed by atoms with Crippen LogP contribution in [0.2, 0.25) is 0 Å². The van der Waals surface area contributed by atoms with Crippen molar-refractivity contribution in [1.82, 2.24) is 0 Å². The highest BCUT2D eigenvalue weighted by Gasteiger charge is 2.36. The highest BCUT2D eigenvalue weighted by Crippen LogP contribution is 2.46. The van der Waals surface area contributed by atoms with Gasteiger partial charge in [0.25, 0.3) is 0 Å². The second-order valence-corrected chi connectivity index (χ2v) is 13.8. The minimum atomic E-state index is -4.47. The summed E-state index contributed by atoms with van der Waals surface area (Å²) >= 11 is 2.16. The van der Waals surface area contributed by atoms with E-state index >= 15 is 0 Å².